The van der Waals surface area contributed by atoms with Crippen LogP contribution >= 0.6 is 0 Å². The molecular formula is C24H21N3O3. The van der Waals surface area contributed by atoms with E-state index in [1.807, 2.05) is 0 Å². The average Bonchev–Trinajstić information content (AvgIpc) is 2.77. The molecule has 3 amide bonds. The van der Waals surface area contributed by atoms with E-state index in [4.69, 9.17) is 0 Å². The van der Waals surface area contributed by atoms with Crippen LogP contribution in [0.3, 0.4) is 0 Å². The summed E-state index contributed by atoms with van der Waals surface area (Å²) in [6, 6.07) is 25.8. The molecule has 0 aromatic heterocycles. The molecule has 0 heterocycles. The van der Waals surface area contributed by atoms with Gasteiger partial charge in [0.15, 0.2) is 0 Å². The summed E-state index contributed by atoms with van der Waals surface area (Å²) in [6.07, 6.45) is 1.06. The first-order chi connectivity index (χ1) is 14.6. The first-order valence-electron chi connectivity index (χ1n) is 9.29. The maximum absolute atomic E-state index is 13.2. The molecule has 0 saturated heterocycles. The first-order valence-corrected chi connectivity index (χ1v) is 9.29. The molecule has 3 aromatic rings. The van der Waals surface area contributed by atoms with Gasteiger partial charge in [0, 0.05) is 17.1 Å². The van der Waals surface area contributed by atoms with Crippen LogP contribution in [-0.2, 0) is 14.4 Å². The van der Waals surface area contributed by atoms with Crippen molar-refractivity contribution in [2.24, 2.45) is 5.41 Å². The van der Waals surface area contributed by atoms with Crippen LogP contribution in [0.4, 0.5) is 17.1 Å². The van der Waals surface area contributed by atoms with Crippen molar-refractivity contribution in [2.75, 3.05) is 16.0 Å². The lowest BCUT2D eigenvalue weighted by molar-refractivity contribution is -0.141. The van der Waals surface area contributed by atoms with E-state index in [1.165, 1.54) is 0 Å². The highest BCUT2D eigenvalue weighted by Crippen LogP contribution is 2.27. The second kappa shape index (κ2) is 9.34. The molecule has 0 aliphatic carbocycles. The Morgan fingerprint density at radius 1 is 0.567 bits per heavy atom. The van der Waals surface area contributed by atoms with Crippen molar-refractivity contribution in [1.82, 2.24) is 0 Å². The number of anilines is 3. The Balaban J connectivity index is 1.96. The number of amides is 3. The van der Waals surface area contributed by atoms with Gasteiger partial charge >= 0.3 is 0 Å². The maximum Gasteiger partial charge on any atom is 0.253 e. The zero-order valence-corrected chi connectivity index (χ0v) is 16.2. The zero-order chi connectivity index (χ0) is 21.4. The summed E-state index contributed by atoms with van der Waals surface area (Å²) in [5.41, 5.74) is -0.849. The third-order valence-corrected chi connectivity index (χ3v) is 4.48. The summed E-state index contributed by atoms with van der Waals surface area (Å²) >= 11 is 0. The van der Waals surface area contributed by atoms with E-state index in [-0.39, 0.29) is 0 Å². The predicted octanol–water partition coefficient (Wildman–Crippen LogP) is 4.07. The Morgan fingerprint density at radius 3 is 1.07 bits per heavy atom. The van der Waals surface area contributed by atoms with E-state index < -0.39 is 23.1 Å². The highest BCUT2D eigenvalue weighted by atomic mass is 16.2. The van der Waals surface area contributed by atoms with Crippen LogP contribution in [0, 0.1) is 5.41 Å². The number of hydrogen-bond donors (Lipinski definition) is 3. The molecule has 3 N–H and O–H groups in total. The van der Waals surface area contributed by atoms with Gasteiger partial charge in [0.2, 0.25) is 5.41 Å². The van der Waals surface area contributed by atoms with Crippen LogP contribution in [0.5, 0.6) is 0 Å². The maximum atomic E-state index is 13.2. The van der Waals surface area contributed by atoms with E-state index in [1.54, 1.807) is 91.0 Å². The summed E-state index contributed by atoms with van der Waals surface area (Å²) in [6.45, 7) is 3.64. The normalized spacial score (nSPS) is 10.5. The van der Waals surface area contributed by atoms with Gasteiger partial charge in [-0.25, -0.2) is 0 Å². The van der Waals surface area contributed by atoms with Crippen LogP contribution in [0.1, 0.15) is 0 Å². The Morgan fingerprint density at radius 2 is 0.833 bits per heavy atom. The molecule has 0 unspecified atom stereocenters. The van der Waals surface area contributed by atoms with Crippen molar-refractivity contribution in [3.63, 3.8) is 0 Å². The molecule has 0 spiro atoms. The van der Waals surface area contributed by atoms with Crippen LogP contribution in [-0.4, -0.2) is 17.7 Å². The van der Waals surface area contributed by atoms with Crippen LogP contribution in [0.25, 0.3) is 0 Å². The van der Waals surface area contributed by atoms with Crippen molar-refractivity contribution in [2.45, 2.75) is 0 Å². The lowest BCUT2D eigenvalue weighted by Crippen LogP contribution is -2.53. The lowest BCUT2D eigenvalue weighted by atomic mass is 9.84. The summed E-state index contributed by atoms with van der Waals surface area (Å²) in [4.78, 5) is 39.7. The second-order valence-electron chi connectivity index (χ2n) is 6.47. The fourth-order valence-corrected chi connectivity index (χ4v) is 2.84. The Bertz CT molecular complexity index is 905. The van der Waals surface area contributed by atoms with Crippen molar-refractivity contribution >= 4 is 34.8 Å². The molecule has 0 radical (unpaired) electrons. The van der Waals surface area contributed by atoms with Gasteiger partial charge < -0.3 is 16.0 Å². The Labute approximate surface area is 174 Å². The van der Waals surface area contributed by atoms with Gasteiger partial charge in [-0.05, 0) is 36.4 Å². The minimum Gasteiger partial charge on any atom is -0.324 e. The third-order valence-electron chi connectivity index (χ3n) is 4.48. The zero-order valence-electron chi connectivity index (χ0n) is 16.2. The smallest absolute Gasteiger partial charge is 0.253 e. The molecular weight excluding hydrogens is 378 g/mol. The number of nitrogens with one attached hydrogen (secondary N) is 3. The fourth-order valence-electron chi connectivity index (χ4n) is 2.84. The van der Waals surface area contributed by atoms with Gasteiger partial charge in [0.1, 0.15) is 0 Å². The van der Waals surface area contributed by atoms with Crippen molar-refractivity contribution < 1.29 is 14.4 Å². The van der Waals surface area contributed by atoms with Crippen LogP contribution in [0.2, 0.25) is 0 Å². The standard InChI is InChI=1S/C24H21N3O3/c1-2-24(21(28)25-18-12-6-3-7-13-18,22(29)26-19-14-8-4-9-15-19)23(30)27-20-16-10-5-11-17-20/h2-17H,1H2,(H,25,28)(H,26,29)(H,27,30). The molecule has 150 valence electrons. The highest BCUT2D eigenvalue weighted by molar-refractivity contribution is 6.32. The van der Waals surface area contributed by atoms with Crippen LogP contribution < -0.4 is 16.0 Å². The third kappa shape index (κ3) is 4.44. The number of rotatable bonds is 7. The molecule has 30 heavy (non-hydrogen) atoms. The van der Waals surface area contributed by atoms with Crippen molar-refractivity contribution in [3.05, 3.63) is 104 Å². The summed E-state index contributed by atoms with van der Waals surface area (Å²) in [5, 5.41) is 7.91. The fraction of sp³-hybridized carbons (Fsp3) is 0.0417. The van der Waals surface area contributed by atoms with Gasteiger partial charge in [-0.3, -0.25) is 14.4 Å². The van der Waals surface area contributed by atoms with E-state index in [2.05, 4.69) is 22.5 Å². The van der Waals surface area contributed by atoms with E-state index >= 15 is 0 Å². The minimum atomic E-state index is -2.21. The topological polar surface area (TPSA) is 87.3 Å². The molecule has 3 aromatic carbocycles. The minimum absolute atomic E-state index is 0.453. The number of carbonyl (C=O) groups excluding carboxylic acids is 3. The molecule has 6 heteroatoms. The predicted molar refractivity (Wildman–Crippen MR) is 118 cm³/mol. The average molecular weight is 399 g/mol. The molecule has 0 aliphatic rings. The molecule has 0 atom stereocenters. The van der Waals surface area contributed by atoms with Crippen molar-refractivity contribution in [1.29, 1.82) is 0 Å². The van der Waals surface area contributed by atoms with Crippen LogP contribution in [0.15, 0.2) is 104 Å². The van der Waals surface area contributed by atoms with E-state index in [9.17, 15) is 14.4 Å². The Hall–Kier alpha value is -4.19. The summed E-state index contributed by atoms with van der Waals surface area (Å²) < 4.78 is 0. The van der Waals surface area contributed by atoms with Gasteiger partial charge in [0.25, 0.3) is 17.7 Å². The molecule has 6 nitrogen and oxygen atoms in total. The molecule has 0 bridgehead atoms. The number of hydrogen-bond acceptors (Lipinski definition) is 3. The summed E-state index contributed by atoms with van der Waals surface area (Å²) in [7, 11) is 0. The largest absolute Gasteiger partial charge is 0.324 e. The van der Waals surface area contributed by atoms with Gasteiger partial charge in [0.05, 0.1) is 0 Å². The number of para-hydroxylation sites is 3. The van der Waals surface area contributed by atoms with Gasteiger partial charge in [-0.15, -0.1) is 6.58 Å². The lowest BCUT2D eigenvalue weighted by Gasteiger charge is -2.27. The SMILES string of the molecule is C=CC(C(=O)Nc1ccccc1)(C(=O)Nc1ccccc1)C(=O)Nc1ccccc1. The van der Waals surface area contributed by atoms with Gasteiger partial charge in [-0.2, -0.15) is 0 Å². The summed E-state index contributed by atoms with van der Waals surface area (Å²) in [5.74, 6) is -2.44. The quantitative estimate of drug-likeness (QED) is 0.413. The second-order valence-corrected chi connectivity index (χ2v) is 6.47. The number of carbonyl (C=O) groups is 3. The molecule has 3 rings (SSSR count). The van der Waals surface area contributed by atoms with Gasteiger partial charge in [-0.1, -0.05) is 60.7 Å². The first kappa shape index (κ1) is 20.5. The monoisotopic (exact) mass is 399 g/mol. The number of benzene rings is 3. The van der Waals surface area contributed by atoms with E-state index in [0.29, 0.717) is 17.1 Å². The Kier molecular flexibility index (Phi) is 6.39. The van der Waals surface area contributed by atoms with E-state index in [0.717, 1.165) is 6.08 Å². The molecule has 0 saturated carbocycles. The van der Waals surface area contributed by atoms with Crippen molar-refractivity contribution in [3.8, 4) is 0 Å². The molecule has 0 aliphatic heterocycles. The molecule has 0 fully saturated rings. The highest BCUT2D eigenvalue weighted by Gasteiger charge is 2.50.